The van der Waals surface area contributed by atoms with E-state index in [0.29, 0.717) is 6.04 Å². The smallest absolute Gasteiger partial charge is 0.118 e. The zero-order valence-corrected chi connectivity index (χ0v) is 16.6. The van der Waals surface area contributed by atoms with Crippen molar-refractivity contribution < 1.29 is 4.74 Å². The van der Waals surface area contributed by atoms with Crippen LogP contribution in [0.3, 0.4) is 0 Å². The van der Waals surface area contributed by atoms with Gasteiger partial charge in [0.2, 0.25) is 0 Å². The molecule has 1 N–H and O–H groups in total. The zero-order valence-electron chi connectivity index (χ0n) is 15.8. The molecule has 3 heteroatoms. The number of aryl methyl sites for hydroxylation is 1. The van der Waals surface area contributed by atoms with Gasteiger partial charge in [-0.15, -0.1) is 12.4 Å². The first-order valence-electron chi connectivity index (χ1n) is 9.78. The molecule has 2 nitrogen and oxygen atoms in total. The number of methoxy groups -OCH3 is 1. The molecule has 1 fully saturated rings. The number of nitrogens with one attached hydrogen (secondary N) is 1. The Balaban J connectivity index is 0.00000243. The molecule has 0 bridgehead atoms. The fourth-order valence-electron chi connectivity index (χ4n) is 4.03. The van der Waals surface area contributed by atoms with Gasteiger partial charge >= 0.3 is 0 Å². The molecule has 0 aromatic heterocycles. The third-order valence-corrected chi connectivity index (χ3v) is 5.45. The van der Waals surface area contributed by atoms with E-state index in [2.05, 4.69) is 59.9 Å². The van der Waals surface area contributed by atoms with Gasteiger partial charge in [-0.25, -0.2) is 0 Å². The van der Waals surface area contributed by atoms with Gasteiger partial charge in [-0.05, 0) is 61.4 Å². The molecule has 2 aromatic rings. The van der Waals surface area contributed by atoms with Crippen molar-refractivity contribution in [3.05, 3.63) is 65.7 Å². The van der Waals surface area contributed by atoms with Crippen LogP contribution in [0.1, 0.15) is 55.7 Å². The molecule has 1 aliphatic carbocycles. The number of benzene rings is 2. The Hall–Kier alpha value is -1.51. The normalized spacial score (nSPS) is 15.9. The fraction of sp³-hybridized carbons (Fsp3) is 0.478. The highest BCUT2D eigenvalue weighted by molar-refractivity contribution is 5.85. The molecular weight excluding hydrogens is 342 g/mol. The summed E-state index contributed by atoms with van der Waals surface area (Å²) < 4.78 is 5.23. The summed E-state index contributed by atoms with van der Waals surface area (Å²) in [5, 5.41) is 3.87. The van der Waals surface area contributed by atoms with Crippen LogP contribution in [0, 0.1) is 5.92 Å². The van der Waals surface area contributed by atoms with E-state index in [1.54, 1.807) is 7.11 Å². The molecule has 1 atom stereocenters. The minimum atomic E-state index is 0. The van der Waals surface area contributed by atoms with Crippen LogP contribution in [0.15, 0.2) is 54.6 Å². The molecule has 0 saturated heterocycles. The monoisotopic (exact) mass is 373 g/mol. The second-order valence-corrected chi connectivity index (χ2v) is 7.19. The van der Waals surface area contributed by atoms with Gasteiger partial charge in [0.25, 0.3) is 0 Å². The molecule has 2 aromatic carbocycles. The van der Waals surface area contributed by atoms with E-state index in [-0.39, 0.29) is 12.4 Å². The molecule has 0 radical (unpaired) electrons. The summed E-state index contributed by atoms with van der Waals surface area (Å²) in [7, 11) is 1.72. The van der Waals surface area contributed by atoms with Crippen LogP contribution in [-0.2, 0) is 6.42 Å². The molecule has 0 heterocycles. The predicted molar refractivity (Wildman–Crippen MR) is 112 cm³/mol. The summed E-state index contributed by atoms with van der Waals surface area (Å²) in [5.41, 5.74) is 2.84. The predicted octanol–water partition coefficient (Wildman–Crippen LogP) is 5.96. The van der Waals surface area contributed by atoms with Crippen LogP contribution in [0.25, 0.3) is 0 Å². The second kappa shape index (κ2) is 11.3. The van der Waals surface area contributed by atoms with Crippen molar-refractivity contribution >= 4 is 12.4 Å². The van der Waals surface area contributed by atoms with Crippen molar-refractivity contribution in [1.82, 2.24) is 5.32 Å². The fourth-order valence-corrected chi connectivity index (χ4v) is 4.03. The lowest BCUT2D eigenvalue weighted by molar-refractivity contribution is 0.271. The maximum atomic E-state index is 5.23. The minimum Gasteiger partial charge on any atom is -0.497 e. The maximum absolute atomic E-state index is 5.23. The zero-order chi connectivity index (χ0) is 17.3. The topological polar surface area (TPSA) is 21.3 Å². The number of rotatable bonds is 8. The Morgan fingerprint density at radius 1 is 0.962 bits per heavy atom. The highest BCUT2D eigenvalue weighted by Crippen LogP contribution is 2.34. The molecule has 0 aliphatic heterocycles. The van der Waals surface area contributed by atoms with E-state index in [0.717, 1.165) is 24.6 Å². The van der Waals surface area contributed by atoms with E-state index in [1.165, 1.54) is 49.7 Å². The Morgan fingerprint density at radius 2 is 1.65 bits per heavy atom. The molecule has 142 valence electrons. The summed E-state index contributed by atoms with van der Waals surface area (Å²) in [4.78, 5) is 0. The van der Waals surface area contributed by atoms with Crippen molar-refractivity contribution in [3.8, 4) is 5.75 Å². The van der Waals surface area contributed by atoms with Crippen LogP contribution < -0.4 is 10.1 Å². The van der Waals surface area contributed by atoms with Gasteiger partial charge in [-0.3, -0.25) is 0 Å². The average Bonchev–Trinajstić information content (AvgIpc) is 2.70. The molecule has 0 spiro atoms. The van der Waals surface area contributed by atoms with Crippen LogP contribution >= 0.6 is 12.4 Å². The third kappa shape index (κ3) is 6.03. The molecular formula is C23H32ClNO. The van der Waals surface area contributed by atoms with Crippen LogP contribution in [0.5, 0.6) is 5.75 Å². The van der Waals surface area contributed by atoms with E-state index in [1.807, 2.05) is 0 Å². The van der Waals surface area contributed by atoms with Crippen LogP contribution in [0.2, 0.25) is 0 Å². The summed E-state index contributed by atoms with van der Waals surface area (Å²) >= 11 is 0. The van der Waals surface area contributed by atoms with Gasteiger partial charge in [0.1, 0.15) is 5.75 Å². The molecule has 1 aliphatic rings. The molecule has 26 heavy (non-hydrogen) atoms. The van der Waals surface area contributed by atoms with Crippen LogP contribution in [0.4, 0.5) is 0 Å². The highest BCUT2D eigenvalue weighted by Gasteiger charge is 2.24. The van der Waals surface area contributed by atoms with Crippen molar-refractivity contribution in [1.29, 1.82) is 0 Å². The molecule has 0 amide bonds. The molecule has 3 rings (SSSR count). The molecule has 1 saturated carbocycles. The van der Waals surface area contributed by atoms with Crippen molar-refractivity contribution in [2.24, 2.45) is 5.92 Å². The summed E-state index contributed by atoms with van der Waals surface area (Å²) in [6.45, 7) is 1.07. The van der Waals surface area contributed by atoms with Crippen LogP contribution in [-0.4, -0.2) is 13.7 Å². The molecule has 1 unspecified atom stereocenters. The van der Waals surface area contributed by atoms with Gasteiger partial charge in [-0.1, -0.05) is 61.7 Å². The first-order valence-corrected chi connectivity index (χ1v) is 9.78. The van der Waals surface area contributed by atoms with E-state index in [4.69, 9.17) is 4.74 Å². The summed E-state index contributed by atoms with van der Waals surface area (Å²) in [6.07, 6.45) is 9.21. The Bertz CT molecular complexity index is 608. The first kappa shape index (κ1) is 20.8. The summed E-state index contributed by atoms with van der Waals surface area (Å²) in [5.74, 6) is 1.72. The largest absolute Gasteiger partial charge is 0.497 e. The van der Waals surface area contributed by atoms with E-state index in [9.17, 15) is 0 Å². The van der Waals surface area contributed by atoms with Crippen molar-refractivity contribution in [3.63, 3.8) is 0 Å². The third-order valence-electron chi connectivity index (χ3n) is 5.45. The minimum absolute atomic E-state index is 0. The number of halogens is 1. The van der Waals surface area contributed by atoms with Gasteiger partial charge in [0.05, 0.1) is 7.11 Å². The second-order valence-electron chi connectivity index (χ2n) is 7.19. The number of hydrogen-bond acceptors (Lipinski definition) is 2. The SMILES string of the molecule is COc1ccc(CCCNC(c2ccccc2)C2CCCCC2)cc1.Cl. The van der Waals surface area contributed by atoms with Crippen molar-refractivity contribution in [2.45, 2.75) is 51.0 Å². The lowest BCUT2D eigenvalue weighted by atomic mass is 9.81. The van der Waals surface area contributed by atoms with Crippen molar-refractivity contribution in [2.75, 3.05) is 13.7 Å². The van der Waals surface area contributed by atoms with E-state index < -0.39 is 0 Å². The van der Waals surface area contributed by atoms with Gasteiger partial charge in [0.15, 0.2) is 0 Å². The van der Waals surface area contributed by atoms with Gasteiger partial charge in [-0.2, -0.15) is 0 Å². The standard InChI is InChI=1S/C23H31NO.ClH/c1-25-22-16-14-19(15-17-22)9-8-18-24-23(20-10-4-2-5-11-20)21-12-6-3-7-13-21;/h2,4-5,10-11,14-17,21,23-24H,3,6-9,12-13,18H2,1H3;1H. The quantitative estimate of drug-likeness (QED) is 0.576. The van der Waals surface area contributed by atoms with E-state index >= 15 is 0 Å². The average molecular weight is 374 g/mol. The first-order chi connectivity index (χ1) is 12.4. The van der Waals surface area contributed by atoms with Gasteiger partial charge < -0.3 is 10.1 Å². The lowest BCUT2D eigenvalue weighted by Gasteiger charge is -2.31. The van der Waals surface area contributed by atoms with Gasteiger partial charge in [0, 0.05) is 6.04 Å². The highest BCUT2D eigenvalue weighted by atomic mass is 35.5. The lowest BCUT2D eigenvalue weighted by Crippen LogP contribution is -2.30. The maximum Gasteiger partial charge on any atom is 0.118 e. The Morgan fingerprint density at radius 3 is 2.31 bits per heavy atom. The number of ether oxygens (including phenoxy) is 1. The number of hydrogen-bond donors (Lipinski definition) is 1. The Labute approximate surface area is 164 Å². The summed E-state index contributed by atoms with van der Waals surface area (Å²) in [6, 6.07) is 20.0. The Kier molecular flexibility index (Phi) is 9.00.